The Kier molecular flexibility index (Phi) is 50.6. The maximum absolute atomic E-state index is 12.8. The number of allylic oxidation sites excluding steroid dienone is 8. The lowest BCUT2D eigenvalue weighted by atomic mass is 10.0. The van der Waals surface area contributed by atoms with E-state index < -0.39 is 18.1 Å². The van der Waals surface area contributed by atoms with Crippen LogP contribution in [0.5, 0.6) is 0 Å². The summed E-state index contributed by atoms with van der Waals surface area (Å²) < 4.78 is 17.3. The van der Waals surface area contributed by atoms with Crippen molar-refractivity contribution in [1.82, 2.24) is 0 Å². The standard InChI is InChI=1S/C62H113NO7/c1-6-8-10-12-14-16-18-20-22-24-26-28-30-32-34-36-38-40-42-44-46-48-50-52-60(64)69-57-58(56-68-55-54-59(62(66)67)63(3,4)5)70-61(65)53-51-49-47-45-43-41-39-37-35-33-31-29-27-25-23-21-19-17-15-13-11-9-7-2/h9,11,15,17,21,23,27,29,58-59H,6-8,10,12-14,16,18-20,22,24-26,28,30-57H2,1-5H3/b11-9+,17-15+,23-21+,29-27+. The summed E-state index contributed by atoms with van der Waals surface area (Å²) in [7, 11) is 5.43. The molecule has 70 heavy (non-hydrogen) atoms. The van der Waals surface area contributed by atoms with E-state index in [1.165, 1.54) is 180 Å². The van der Waals surface area contributed by atoms with Gasteiger partial charge in [0.15, 0.2) is 6.10 Å². The average Bonchev–Trinajstić information content (AvgIpc) is 3.33. The first kappa shape index (κ1) is 67.3. The second-order valence-electron chi connectivity index (χ2n) is 21.2. The number of carboxylic acids is 1. The van der Waals surface area contributed by atoms with Crippen LogP contribution in [0.3, 0.4) is 0 Å². The number of aliphatic carboxylic acids is 1. The minimum atomic E-state index is -1.12. The van der Waals surface area contributed by atoms with Gasteiger partial charge in [0.2, 0.25) is 0 Å². The molecule has 0 aromatic carbocycles. The van der Waals surface area contributed by atoms with Crippen LogP contribution < -0.4 is 5.11 Å². The van der Waals surface area contributed by atoms with Gasteiger partial charge in [-0.15, -0.1) is 0 Å². The molecule has 0 radical (unpaired) electrons. The van der Waals surface area contributed by atoms with E-state index >= 15 is 0 Å². The maximum Gasteiger partial charge on any atom is 0.306 e. The molecule has 8 nitrogen and oxygen atoms in total. The fourth-order valence-corrected chi connectivity index (χ4v) is 8.95. The average molecular weight is 985 g/mol. The molecule has 0 fully saturated rings. The summed E-state index contributed by atoms with van der Waals surface area (Å²) in [6, 6.07) is -0.727. The molecular formula is C62H113NO7. The number of quaternary nitrogens is 1. The molecule has 2 unspecified atom stereocenters. The Balaban J connectivity index is 4.13. The van der Waals surface area contributed by atoms with Crippen molar-refractivity contribution in [2.24, 2.45) is 0 Å². The van der Waals surface area contributed by atoms with Crippen molar-refractivity contribution in [3.8, 4) is 0 Å². The Morgan fingerprint density at radius 1 is 0.443 bits per heavy atom. The highest BCUT2D eigenvalue weighted by molar-refractivity contribution is 5.70. The maximum atomic E-state index is 12.8. The first-order valence-electron chi connectivity index (χ1n) is 29.7. The fraction of sp³-hybridized carbons (Fsp3) is 0.823. The number of hydrogen-bond acceptors (Lipinski definition) is 7. The number of carboxylic acid groups (broad SMARTS) is 1. The third kappa shape index (κ3) is 50.2. The van der Waals surface area contributed by atoms with E-state index in [9.17, 15) is 19.5 Å². The molecule has 0 aromatic rings. The molecule has 0 N–H and O–H groups in total. The van der Waals surface area contributed by atoms with E-state index in [0.717, 1.165) is 64.2 Å². The molecule has 0 amide bonds. The number of rotatable bonds is 54. The molecule has 2 atom stereocenters. The van der Waals surface area contributed by atoms with Crippen LogP contribution in [0.25, 0.3) is 0 Å². The topological polar surface area (TPSA) is 102 Å². The zero-order valence-electron chi connectivity index (χ0n) is 46.7. The molecule has 0 aliphatic rings. The normalized spacial score (nSPS) is 13.1. The van der Waals surface area contributed by atoms with Gasteiger partial charge < -0.3 is 28.6 Å². The molecular weight excluding hydrogens is 871 g/mol. The Morgan fingerprint density at radius 3 is 1.19 bits per heavy atom. The predicted octanol–water partition coefficient (Wildman–Crippen LogP) is 16.5. The van der Waals surface area contributed by atoms with E-state index in [-0.39, 0.29) is 42.7 Å². The molecule has 0 saturated carbocycles. The summed E-state index contributed by atoms with van der Waals surface area (Å²) in [6.07, 6.45) is 65.9. The zero-order chi connectivity index (χ0) is 51.3. The Morgan fingerprint density at radius 2 is 0.800 bits per heavy atom. The van der Waals surface area contributed by atoms with Crippen molar-refractivity contribution in [3.05, 3.63) is 48.6 Å². The van der Waals surface area contributed by atoms with Crippen LogP contribution >= 0.6 is 0 Å². The van der Waals surface area contributed by atoms with Gasteiger partial charge in [-0.25, -0.2) is 0 Å². The second-order valence-corrected chi connectivity index (χ2v) is 21.2. The lowest BCUT2D eigenvalue weighted by Crippen LogP contribution is -2.55. The lowest BCUT2D eigenvalue weighted by Gasteiger charge is -2.34. The van der Waals surface area contributed by atoms with Crippen molar-refractivity contribution < 1.29 is 38.2 Å². The van der Waals surface area contributed by atoms with Crippen molar-refractivity contribution in [3.63, 3.8) is 0 Å². The van der Waals surface area contributed by atoms with Crippen LogP contribution in [-0.4, -0.2) is 75.5 Å². The van der Waals surface area contributed by atoms with E-state index in [0.29, 0.717) is 12.8 Å². The molecule has 8 heteroatoms. The minimum absolute atomic E-state index is 0.0415. The van der Waals surface area contributed by atoms with Gasteiger partial charge in [-0.3, -0.25) is 9.59 Å². The SMILES string of the molecule is CC/C=C/C/C=C/C/C=C/C/C=C/CCCCCCCCCCCCC(=O)OC(COCCC(C(=O)[O-])[N+](C)(C)C)COC(=O)CCCCCCCCCCCCCCCCCCCCCCCCC. The van der Waals surface area contributed by atoms with Gasteiger partial charge in [-0.2, -0.15) is 0 Å². The van der Waals surface area contributed by atoms with Crippen molar-refractivity contribution in [2.45, 2.75) is 289 Å². The number of nitrogens with zero attached hydrogens (tertiary/aromatic N) is 1. The quantitative estimate of drug-likeness (QED) is 0.0259. The lowest BCUT2D eigenvalue weighted by molar-refractivity contribution is -0.889. The van der Waals surface area contributed by atoms with Crippen LogP contribution in [-0.2, 0) is 28.6 Å². The molecule has 0 bridgehead atoms. The summed E-state index contributed by atoms with van der Waals surface area (Å²) in [6.45, 7) is 4.60. The first-order chi connectivity index (χ1) is 34.1. The minimum Gasteiger partial charge on any atom is -0.544 e. The Labute approximate surface area is 433 Å². The molecule has 408 valence electrons. The summed E-state index contributed by atoms with van der Waals surface area (Å²) in [5, 5.41) is 11.7. The van der Waals surface area contributed by atoms with Gasteiger partial charge in [0.25, 0.3) is 0 Å². The number of carbonyl (C=O) groups excluding carboxylic acids is 3. The van der Waals surface area contributed by atoms with Gasteiger partial charge in [-0.1, -0.05) is 255 Å². The van der Waals surface area contributed by atoms with Crippen LogP contribution in [0, 0.1) is 0 Å². The van der Waals surface area contributed by atoms with Gasteiger partial charge in [0, 0.05) is 19.3 Å². The number of likely N-dealkylation sites (N-methyl/N-ethyl adjacent to an activating group) is 1. The van der Waals surface area contributed by atoms with Crippen LogP contribution in [0.2, 0.25) is 0 Å². The molecule has 0 saturated heterocycles. The molecule has 0 aromatic heterocycles. The van der Waals surface area contributed by atoms with E-state index in [2.05, 4.69) is 62.5 Å². The van der Waals surface area contributed by atoms with Crippen LogP contribution in [0.15, 0.2) is 48.6 Å². The van der Waals surface area contributed by atoms with Gasteiger partial charge >= 0.3 is 11.9 Å². The molecule has 0 aliphatic heterocycles. The highest BCUT2D eigenvalue weighted by Crippen LogP contribution is 2.17. The van der Waals surface area contributed by atoms with E-state index in [4.69, 9.17) is 14.2 Å². The van der Waals surface area contributed by atoms with Crippen molar-refractivity contribution in [1.29, 1.82) is 0 Å². The molecule has 0 heterocycles. The smallest absolute Gasteiger partial charge is 0.306 e. The predicted molar refractivity (Wildman–Crippen MR) is 296 cm³/mol. The highest BCUT2D eigenvalue weighted by Gasteiger charge is 2.25. The largest absolute Gasteiger partial charge is 0.544 e. The molecule has 0 spiro atoms. The van der Waals surface area contributed by atoms with Gasteiger partial charge in [-0.05, 0) is 51.4 Å². The monoisotopic (exact) mass is 984 g/mol. The number of ether oxygens (including phenoxy) is 3. The third-order valence-corrected chi connectivity index (χ3v) is 13.5. The van der Waals surface area contributed by atoms with Crippen LogP contribution in [0.4, 0.5) is 0 Å². The molecule has 0 rings (SSSR count). The summed E-state index contributed by atoms with van der Waals surface area (Å²) in [5.74, 6) is -1.72. The zero-order valence-corrected chi connectivity index (χ0v) is 46.7. The highest BCUT2D eigenvalue weighted by atomic mass is 16.6. The Bertz CT molecular complexity index is 1280. The van der Waals surface area contributed by atoms with Gasteiger partial charge in [0.1, 0.15) is 12.6 Å². The summed E-state index contributed by atoms with van der Waals surface area (Å²) in [4.78, 5) is 37.2. The number of hydrogen-bond donors (Lipinski definition) is 0. The first-order valence-corrected chi connectivity index (χ1v) is 29.7. The van der Waals surface area contributed by atoms with E-state index in [1.807, 2.05) is 21.1 Å². The van der Waals surface area contributed by atoms with Gasteiger partial charge in [0.05, 0.1) is 40.3 Å². The number of unbranched alkanes of at least 4 members (excludes halogenated alkanes) is 32. The van der Waals surface area contributed by atoms with E-state index in [1.54, 1.807) is 0 Å². The van der Waals surface area contributed by atoms with Crippen LogP contribution in [0.1, 0.15) is 277 Å². The van der Waals surface area contributed by atoms with Crippen molar-refractivity contribution >= 4 is 17.9 Å². The number of carbonyl (C=O) groups is 3. The summed E-state index contributed by atoms with van der Waals surface area (Å²) in [5.41, 5.74) is 0. The third-order valence-electron chi connectivity index (χ3n) is 13.5. The second kappa shape index (κ2) is 52.6. The van der Waals surface area contributed by atoms with Crippen molar-refractivity contribution in [2.75, 3.05) is 41.0 Å². The fourth-order valence-electron chi connectivity index (χ4n) is 8.95. The Hall–Kier alpha value is -2.71. The molecule has 0 aliphatic carbocycles. The summed E-state index contributed by atoms with van der Waals surface area (Å²) >= 11 is 0. The number of esters is 2.